The Labute approximate surface area is 131 Å². The van der Waals surface area contributed by atoms with Gasteiger partial charge in [-0.3, -0.25) is 4.90 Å². The Morgan fingerprint density at radius 1 is 1.29 bits per heavy atom. The van der Waals surface area contributed by atoms with E-state index in [1.54, 1.807) is 6.26 Å². The van der Waals surface area contributed by atoms with Crippen LogP contribution in [0.2, 0.25) is 0 Å². The van der Waals surface area contributed by atoms with Crippen LogP contribution >= 0.6 is 11.3 Å². The molecule has 2 N–H and O–H groups in total. The summed E-state index contributed by atoms with van der Waals surface area (Å²) < 4.78 is 5.38. The zero-order valence-corrected chi connectivity index (χ0v) is 14.5. The molecule has 0 fully saturated rings. The normalized spacial score (nSPS) is 13.9. The molecule has 21 heavy (non-hydrogen) atoms. The zero-order valence-electron chi connectivity index (χ0n) is 13.6. The van der Waals surface area contributed by atoms with Gasteiger partial charge >= 0.3 is 0 Å². The molecule has 0 spiro atoms. The molecule has 2 aromatic rings. The van der Waals surface area contributed by atoms with E-state index in [1.165, 1.54) is 15.3 Å². The van der Waals surface area contributed by atoms with E-state index in [0.717, 1.165) is 12.3 Å². The maximum absolute atomic E-state index is 6.03. The lowest BCUT2D eigenvalue weighted by Crippen LogP contribution is -2.29. The van der Waals surface area contributed by atoms with Crippen molar-refractivity contribution in [2.45, 2.75) is 45.7 Å². The van der Waals surface area contributed by atoms with E-state index >= 15 is 0 Å². The van der Waals surface area contributed by atoms with E-state index in [0.29, 0.717) is 6.54 Å². The fourth-order valence-electron chi connectivity index (χ4n) is 2.40. The Hall–Kier alpha value is -1.10. The molecule has 0 radical (unpaired) electrons. The molecule has 0 aliphatic carbocycles. The molecule has 1 atom stereocenters. The van der Waals surface area contributed by atoms with Crippen molar-refractivity contribution in [3.63, 3.8) is 0 Å². The van der Waals surface area contributed by atoms with Crippen LogP contribution in [-0.2, 0) is 12.0 Å². The lowest BCUT2D eigenvalue weighted by Gasteiger charge is -2.26. The monoisotopic (exact) mass is 306 g/mol. The van der Waals surface area contributed by atoms with E-state index < -0.39 is 0 Å². The van der Waals surface area contributed by atoms with E-state index in [9.17, 15) is 0 Å². The van der Waals surface area contributed by atoms with Crippen LogP contribution in [0.15, 0.2) is 28.9 Å². The summed E-state index contributed by atoms with van der Waals surface area (Å²) >= 11 is 1.87. The first-order valence-electron chi connectivity index (χ1n) is 7.36. The quantitative estimate of drug-likeness (QED) is 0.905. The minimum Gasteiger partial charge on any atom is -0.469 e. The Kier molecular flexibility index (Phi) is 4.91. The number of aryl methyl sites for hydroxylation is 1. The van der Waals surface area contributed by atoms with Crippen molar-refractivity contribution in [1.29, 1.82) is 0 Å². The van der Waals surface area contributed by atoms with Crippen LogP contribution in [-0.4, -0.2) is 18.5 Å². The summed E-state index contributed by atoms with van der Waals surface area (Å²) in [6.45, 7) is 10.2. The Bertz CT molecular complexity index is 580. The number of hydrogen-bond donors (Lipinski definition) is 1. The molecule has 0 aliphatic heterocycles. The number of nitrogens with two attached hydrogens (primary N) is 1. The molecular formula is C17H26N2OS. The van der Waals surface area contributed by atoms with Crippen molar-refractivity contribution in [3.8, 4) is 0 Å². The third kappa shape index (κ3) is 3.76. The SMILES string of the molecule is Cc1occc1CN(C)C(CN)c1ccc(C(C)(C)C)s1. The standard InChI is InChI=1S/C17H26N2OS/c1-12-13(8-9-20-12)11-19(5)14(10-18)15-6-7-16(21-15)17(2,3)4/h6-9,14H,10-11,18H2,1-5H3. The molecule has 2 heterocycles. The molecule has 0 amide bonds. The molecule has 0 saturated heterocycles. The molecule has 3 nitrogen and oxygen atoms in total. The predicted molar refractivity (Wildman–Crippen MR) is 89.7 cm³/mol. The minimum atomic E-state index is 0.196. The second-order valence-corrected chi connectivity index (χ2v) is 7.74. The fraction of sp³-hybridized carbons (Fsp3) is 0.529. The maximum atomic E-state index is 6.03. The molecule has 0 saturated carbocycles. The lowest BCUT2D eigenvalue weighted by molar-refractivity contribution is 0.243. The van der Waals surface area contributed by atoms with Gasteiger partial charge in [-0.25, -0.2) is 0 Å². The highest BCUT2D eigenvalue weighted by Crippen LogP contribution is 2.34. The van der Waals surface area contributed by atoms with Gasteiger partial charge in [0.2, 0.25) is 0 Å². The molecule has 0 bridgehead atoms. The minimum absolute atomic E-state index is 0.196. The van der Waals surface area contributed by atoms with Crippen LogP contribution in [0.3, 0.4) is 0 Å². The molecule has 1 unspecified atom stereocenters. The molecule has 2 rings (SSSR count). The van der Waals surface area contributed by atoms with Gasteiger partial charge < -0.3 is 10.2 Å². The van der Waals surface area contributed by atoms with Crippen molar-refractivity contribution in [1.82, 2.24) is 4.90 Å². The largest absolute Gasteiger partial charge is 0.469 e. The van der Waals surface area contributed by atoms with Gasteiger partial charge in [-0.2, -0.15) is 0 Å². The van der Waals surface area contributed by atoms with Crippen molar-refractivity contribution in [2.75, 3.05) is 13.6 Å². The van der Waals surface area contributed by atoms with Gasteiger partial charge in [0.05, 0.1) is 12.3 Å². The molecule has 116 valence electrons. The van der Waals surface area contributed by atoms with Crippen LogP contribution in [0.5, 0.6) is 0 Å². The number of nitrogens with zero attached hydrogens (tertiary/aromatic N) is 1. The highest BCUT2D eigenvalue weighted by atomic mass is 32.1. The first kappa shape index (κ1) is 16.3. The van der Waals surface area contributed by atoms with Crippen LogP contribution in [0.4, 0.5) is 0 Å². The number of rotatable bonds is 5. The maximum Gasteiger partial charge on any atom is 0.105 e. The third-order valence-corrected chi connectivity index (χ3v) is 5.45. The topological polar surface area (TPSA) is 42.4 Å². The van der Waals surface area contributed by atoms with E-state index in [2.05, 4.69) is 44.9 Å². The highest BCUT2D eigenvalue weighted by molar-refractivity contribution is 7.12. The summed E-state index contributed by atoms with van der Waals surface area (Å²) in [4.78, 5) is 5.05. The van der Waals surface area contributed by atoms with Gasteiger partial charge in [0.15, 0.2) is 0 Å². The van der Waals surface area contributed by atoms with Crippen LogP contribution in [0.1, 0.15) is 47.9 Å². The van der Waals surface area contributed by atoms with Crippen molar-refractivity contribution >= 4 is 11.3 Å². The van der Waals surface area contributed by atoms with Crippen LogP contribution in [0, 0.1) is 6.92 Å². The van der Waals surface area contributed by atoms with E-state index in [1.807, 2.05) is 24.3 Å². The van der Waals surface area contributed by atoms with Gasteiger partial charge in [0.25, 0.3) is 0 Å². The van der Waals surface area contributed by atoms with Crippen LogP contribution < -0.4 is 5.73 Å². The summed E-state index contributed by atoms with van der Waals surface area (Å²) in [5.41, 5.74) is 7.45. The number of furan rings is 1. The zero-order chi connectivity index (χ0) is 15.6. The first-order chi connectivity index (χ1) is 9.82. The van der Waals surface area contributed by atoms with Gasteiger partial charge in [-0.05, 0) is 37.6 Å². The van der Waals surface area contributed by atoms with Gasteiger partial charge in [-0.1, -0.05) is 20.8 Å². The van der Waals surface area contributed by atoms with Crippen molar-refractivity contribution in [2.24, 2.45) is 5.73 Å². The molecule has 2 aromatic heterocycles. The Balaban J connectivity index is 2.15. The number of thiophene rings is 1. The van der Waals surface area contributed by atoms with E-state index in [-0.39, 0.29) is 11.5 Å². The Morgan fingerprint density at radius 2 is 2.00 bits per heavy atom. The number of likely N-dealkylation sites (N-methyl/N-ethyl adjacent to an activating group) is 1. The lowest BCUT2D eigenvalue weighted by atomic mass is 9.95. The molecule has 0 aromatic carbocycles. The van der Waals surface area contributed by atoms with Gasteiger partial charge in [-0.15, -0.1) is 11.3 Å². The average Bonchev–Trinajstić information content (AvgIpc) is 3.00. The van der Waals surface area contributed by atoms with E-state index in [4.69, 9.17) is 10.2 Å². The van der Waals surface area contributed by atoms with Gasteiger partial charge in [0, 0.05) is 28.4 Å². The average molecular weight is 306 g/mol. The first-order valence-corrected chi connectivity index (χ1v) is 8.18. The smallest absolute Gasteiger partial charge is 0.105 e. The summed E-state index contributed by atoms with van der Waals surface area (Å²) in [7, 11) is 2.13. The Morgan fingerprint density at radius 3 is 2.48 bits per heavy atom. The highest BCUT2D eigenvalue weighted by Gasteiger charge is 2.22. The fourth-order valence-corrected chi connectivity index (χ4v) is 3.65. The molecular weight excluding hydrogens is 280 g/mol. The summed E-state index contributed by atoms with van der Waals surface area (Å²) in [6.07, 6.45) is 1.75. The summed E-state index contributed by atoms with van der Waals surface area (Å²) in [5, 5.41) is 0. The van der Waals surface area contributed by atoms with Gasteiger partial charge in [0.1, 0.15) is 5.76 Å². The third-order valence-electron chi connectivity index (χ3n) is 3.84. The second-order valence-electron chi connectivity index (χ2n) is 6.62. The number of hydrogen-bond acceptors (Lipinski definition) is 4. The molecule has 4 heteroatoms. The summed E-state index contributed by atoms with van der Waals surface area (Å²) in [5.74, 6) is 0.985. The van der Waals surface area contributed by atoms with Crippen molar-refractivity contribution < 1.29 is 4.42 Å². The summed E-state index contributed by atoms with van der Waals surface area (Å²) in [6, 6.07) is 6.75. The molecule has 0 aliphatic rings. The van der Waals surface area contributed by atoms with Crippen molar-refractivity contribution in [3.05, 3.63) is 45.5 Å². The predicted octanol–water partition coefficient (Wildman–Crippen LogP) is 4.08. The second kappa shape index (κ2) is 6.34. The van der Waals surface area contributed by atoms with Crippen LogP contribution in [0.25, 0.3) is 0 Å².